The van der Waals surface area contributed by atoms with Crippen LogP contribution >= 0.6 is 0 Å². The second-order valence-corrected chi connectivity index (χ2v) is 3.13. The number of carboxylic acid groups (broad SMARTS) is 1. The second-order valence-electron chi connectivity index (χ2n) is 3.13. The summed E-state index contributed by atoms with van der Waals surface area (Å²) in [5.41, 5.74) is 5.33. The van der Waals surface area contributed by atoms with Crippen molar-refractivity contribution in [3.8, 4) is 0 Å². The van der Waals surface area contributed by atoms with Gasteiger partial charge in [0.05, 0.1) is 4.92 Å². The minimum absolute atomic E-state index is 0.108. The maximum absolute atomic E-state index is 10.6. The number of hydrogen-bond donors (Lipinski definition) is 2. The topological polar surface area (TPSA) is 106 Å². The highest BCUT2D eigenvalue weighted by atomic mass is 16.6. The molecule has 0 aliphatic heterocycles. The van der Waals surface area contributed by atoms with Gasteiger partial charge in [-0.15, -0.1) is 0 Å². The van der Waals surface area contributed by atoms with Gasteiger partial charge in [-0.2, -0.15) is 0 Å². The zero-order valence-electron chi connectivity index (χ0n) is 8.76. The summed E-state index contributed by atoms with van der Waals surface area (Å²) in [6, 6.07) is -1.03. The molecule has 1 atom stereocenters. The first kappa shape index (κ1) is 14.1. The van der Waals surface area contributed by atoms with E-state index >= 15 is 0 Å². The summed E-state index contributed by atoms with van der Waals surface area (Å²) < 4.78 is 0. The molecule has 6 nitrogen and oxygen atoms in total. The van der Waals surface area contributed by atoms with E-state index in [4.69, 9.17) is 10.8 Å². The van der Waals surface area contributed by atoms with Gasteiger partial charge >= 0.3 is 5.97 Å². The van der Waals surface area contributed by atoms with Crippen molar-refractivity contribution >= 4 is 5.97 Å². The van der Waals surface area contributed by atoms with E-state index in [1.54, 1.807) is 0 Å². The van der Waals surface area contributed by atoms with E-state index in [2.05, 4.69) is 13.2 Å². The second kappa shape index (κ2) is 6.52. The molecular formula is C10H14N2O4. The Morgan fingerprint density at radius 1 is 1.62 bits per heavy atom. The van der Waals surface area contributed by atoms with E-state index in [1.807, 2.05) is 0 Å². The molecule has 0 aromatic heterocycles. The van der Waals surface area contributed by atoms with E-state index in [1.165, 1.54) is 12.2 Å². The molecule has 0 aliphatic rings. The molecule has 0 amide bonds. The Morgan fingerprint density at radius 3 is 2.56 bits per heavy atom. The van der Waals surface area contributed by atoms with Gasteiger partial charge in [0.25, 0.3) is 5.70 Å². The maximum atomic E-state index is 10.6. The molecule has 0 aromatic carbocycles. The van der Waals surface area contributed by atoms with Crippen LogP contribution in [0.4, 0.5) is 0 Å². The predicted molar refractivity (Wildman–Crippen MR) is 59.3 cm³/mol. The van der Waals surface area contributed by atoms with Gasteiger partial charge < -0.3 is 10.8 Å². The van der Waals surface area contributed by atoms with Crippen LogP contribution in [-0.2, 0) is 4.79 Å². The van der Waals surface area contributed by atoms with Crippen molar-refractivity contribution < 1.29 is 14.8 Å². The Morgan fingerprint density at radius 2 is 2.19 bits per heavy atom. The van der Waals surface area contributed by atoms with Gasteiger partial charge in [-0.05, 0) is 12.8 Å². The maximum Gasteiger partial charge on any atom is 0.320 e. The summed E-state index contributed by atoms with van der Waals surface area (Å²) in [5.74, 6) is -1.14. The van der Waals surface area contributed by atoms with E-state index in [0.717, 1.165) is 0 Å². The van der Waals surface area contributed by atoms with Crippen molar-refractivity contribution in [3.63, 3.8) is 0 Å². The lowest BCUT2D eigenvalue weighted by atomic mass is 10.0. The highest BCUT2D eigenvalue weighted by Crippen LogP contribution is 2.15. The molecule has 0 aliphatic carbocycles. The molecule has 6 heteroatoms. The fourth-order valence-corrected chi connectivity index (χ4v) is 1.00. The van der Waals surface area contributed by atoms with E-state index in [0.29, 0.717) is 0 Å². The third-order valence-electron chi connectivity index (χ3n) is 1.91. The van der Waals surface area contributed by atoms with Crippen LogP contribution in [0.3, 0.4) is 0 Å². The number of carbonyl (C=O) groups is 1. The van der Waals surface area contributed by atoms with Crippen molar-refractivity contribution in [3.05, 3.63) is 46.7 Å². The van der Waals surface area contributed by atoms with Crippen LogP contribution in [0, 0.1) is 10.1 Å². The SMILES string of the molecule is C=C/C=C(\C(=C)CCC(N)C(=O)O)[N+](=O)[O-]. The summed E-state index contributed by atoms with van der Waals surface area (Å²) in [5, 5.41) is 19.1. The summed E-state index contributed by atoms with van der Waals surface area (Å²) in [6.07, 6.45) is 2.76. The highest BCUT2D eigenvalue weighted by molar-refractivity contribution is 5.73. The van der Waals surface area contributed by atoms with Crippen LogP contribution in [0.2, 0.25) is 0 Å². The number of hydrogen-bond acceptors (Lipinski definition) is 4. The van der Waals surface area contributed by atoms with Gasteiger partial charge in [-0.25, -0.2) is 0 Å². The Hall–Kier alpha value is -1.95. The van der Waals surface area contributed by atoms with Crippen LogP contribution in [0.25, 0.3) is 0 Å². The van der Waals surface area contributed by atoms with E-state index in [-0.39, 0.29) is 24.1 Å². The number of nitrogens with zero attached hydrogens (tertiary/aromatic N) is 1. The number of nitro groups is 1. The molecule has 0 bridgehead atoms. The van der Waals surface area contributed by atoms with E-state index < -0.39 is 16.9 Å². The van der Waals surface area contributed by atoms with Crippen molar-refractivity contribution in [2.45, 2.75) is 18.9 Å². The lowest BCUT2D eigenvalue weighted by Crippen LogP contribution is -2.30. The minimum atomic E-state index is -1.14. The molecule has 3 N–H and O–H groups in total. The number of rotatable bonds is 7. The summed E-state index contributed by atoms with van der Waals surface area (Å²) in [7, 11) is 0. The lowest BCUT2D eigenvalue weighted by molar-refractivity contribution is -0.421. The van der Waals surface area contributed by atoms with Gasteiger partial charge in [0.15, 0.2) is 0 Å². The Kier molecular flexibility index (Phi) is 5.72. The van der Waals surface area contributed by atoms with Crippen LogP contribution in [0.15, 0.2) is 36.6 Å². The Balaban J connectivity index is 4.45. The molecule has 1 unspecified atom stereocenters. The van der Waals surface area contributed by atoms with Gasteiger partial charge in [0.2, 0.25) is 0 Å². The third kappa shape index (κ3) is 4.52. The first-order chi connectivity index (χ1) is 7.40. The zero-order valence-corrected chi connectivity index (χ0v) is 8.76. The van der Waals surface area contributed by atoms with Gasteiger partial charge in [-0.1, -0.05) is 19.2 Å². The molecule has 0 heterocycles. The molecular weight excluding hydrogens is 212 g/mol. The van der Waals surface area contributed by atoms with Crippen LogP contribution in [0.1, 0.15) is 12.8 Å². The van der Waals surface area contributed by atoms with Crippen molar-refractivity contribution in [2.24, 2.45) is 5.73 Å². The fraction of sp³-hybridized carbons (Fsp3) is 0.300. The first-order valence-corrected chi connectivity index (χ1v) is 4.53. The molecule has 0 fully saturated rings. The Bertz CT molecular complexity index is 347. The molecule has 0 saturated carbocycles. The van der Waals surface area contributed by atoms with Crippen LogP contribution < -0.4 is 5.73 Å². The van der Waals surface area contributed by atoms with Crippen LogP contribution in [0.5, 0.6) is 0 Å². The molecule has 0 spiro atoms. The quantitative estimate of drug-likeness (QED) is 0.384. The monoisotopic (exact) mass is 226 g/mol. The van der Waals surface area contributed by atoms with Gasteiger partial charge in [-0.3, -0.25) is 14.9 Å². The van der Waals surface area contributed by atoms with Crippen molar-refractivity contribution in [1.82, 2.24) is 0 Å². The largest absolute Gasteiger partial charge is 0.480 e. The molecule has 0 radical (unpaired) electrons. The van der Waals surface area contributed by atoms with Crippen molar-refractivity contribution in [1.29, 1.82) is 0 Å². The van der Waals surface area contributed by atoms with E-state index in [9.17, 15) is 14.9 Å². The molecule has 0 aromatic rings. The molecule has 88 valence electrons. The average Bonchev–Trinajstić information content (AvgIpc) is 2.21. The number of nitrogens with two attached hydrogens (primary N) is 1. The zero-order chi connectivity index (χ0) is 12.7. The normalized spacial score (nSPS) is 12.9. The van der Waals surface area contributed by atoms with Gasteiger partial charge in [0.1, 0.15) is 6.04 Å². The summed E-state index contributed by atoms with van der Waals surface area (Å²) in [4.78, 5) is 20.4. The number of allylic oxidation sites excluding steroid dienone is 3. The number of carboxylic acids is 1. The highest BCUT2D eigenvalue weighted by Gasteiger charge is 2.17. The van der Waals surface area contributed by atoms with Crippen LogP contribution in [-0.4, -0.2) is 22.0 Å². The predicted octanol–water partition coefficient (Wildman–Crippen LogP) is 1.08. The Labute approximate surface area is 92.9 Å². The third-order valence-corrected chi connectivity index (χ3v) is 1.91. The fourth-order valence-electron chi connectivity index (χ4n) is 1.00. The summed E-state index contributed by atoms with van der Waals surface area (Å²) in [6.45, 7) is 6.87. The smallest absolute Gasteiger partial charge is 0.320 e. The lowest BCUT2D eigenvalue weighted by Gasteiger charge is -2.06. The average molecular weight is 226 g/mol. The molecule has 0 saturated heterocycles. The standard InChI is InChI=1S/C10H14N2O4/c1-3-4-9(12(15)16)7(2)5-6-8(11)10(13)14/h3-4,8H,1-2,5-6,11H2,(H,13,14)/b9-4+. The van der Waals surface area contributed by atoms with Crippen molar-refractivity contribution in [2.75, 3.05) is 0 Å². The molecule has 0 rings (SSSR count). The van der Waals surface area contributed by atoms with Gasteiger partial charge in [0, 0.05) is 11.6 Å². The minimum Gasteiger partial charge on any atom is -0.480 e. The summed E-state index contributed by atoms with van der Waals surface area (Å²) >= 11 is 0. The first-order valence-electron chi connectivity index (χ1n) is 4.53. The number of aliphatic carboxylic acids is 1. The molecule has 16 heavy (non-hydrogen) atoms.